The molecule has 0 saturated carbocycles. The number of hydrogen-bond acceptors (Lipinski definition) is 4. The van der Waals surface area contributed by atoms with Crippen LogP contribution in [0.5, 0.6) is 0 Å². The third kappa shape index (κ3) is 4.35. The zero-order valence-corrected chi connectivity index (χ0v) is 15.2. The molecule has 0 radical (unpaired) electrons. The number of aryl methyl sites for hydroxylation is 3. The van der Waals surface area contributed by atoms with Crippen molar-refractivity contribution in [1.82, 2.24) is 9.97 Å². The van der Waals surface area contributed by atoms with Gasteiger partial charge in [-0.05, 0) is 56.9 Å². The summed E-state index contributed by atoms with van der Waals surface area (Å²) in [6.45, 7) is 7.64. The number of nitrogens with one attached hydrogen (secondary N) is 1. The zero-order chi connectivity index (χ0) is 17.8. The van der Waals surface area contributed by atoms with Crippen LogP contribution in [0.2, 0.25) is 0 Å². The molecule has 0 bridgehead atoms. The van der Waals surface area contributed by atoms with E-state index in [2.05, 4.69) is 33.2 Å². The Labute approximate surface area is 149 Å². The summed E-state index contributed by atoms with van der Waals surface area (Å²) in [5.41, 5.74) is 4.03. The maximum Gasteiger partial charge on any atom is 0.229 e. The Kier molecular flexibility index (Phi) is 5.31. The molecule has 0 aliphatic carbocycles. The molecule has 1 saturated heterocycles. The van der Waals surface area contributed by atoms with Crippen LogP contribution in [0, 0.1) is 19.8 Å². The van der Waals surface area contributed by atoms with Crippen molar-refractivity contribution in [3.63, 3.8) is 0 Å². The van der Waals surface area contributed by atoms with E-state index in [0.717, 1.165) is 48.8 Å². The van der Waals surface area contributed by atoms with Gasteiger partial charge < -0.3 is 10.2 Å². The Morgan fingerprint density at radius 2 is 2.00 bits per heavy atom. The average Bonchev–Trinajstić information content (AvgIpc) is 2.61. The highest BCUT2D eigenvalue weighted by Gasteiger charge is 2.27. The lowest BCUT2D eigenvalue weighted by Crippen LogP contribution is -2.41. The second-order valence-corrected chi connectivity index (χ2v) is 6.78. The van der Waals surface area contributed by atoms with E-state index in [-0.39, 0.29) is 11.8 Å². The molecule has 132 valence electrons. The van der Waals surface area contributed by atoms with Crippen molar-refractivity contribution in [2.75, 3.05) is 23.3 Å². The Hall–Kier alpha value is -2.43. The largest absolute Gasteiger partial charge is 0.340 e. The molecular weight excluding hydrogens is 312 g/mol. The average molecular weight is 338 g/mol. The predicted octanol–water partition coefficient (Wildman–Crippen LogP) is 3.51. The number of aromatic nitrogens is 2. The molecule has 1 fully saturated rings. The Morgan fingerprint density at radius 1 is 1.24 bits per heavy atom. The highest BCUT2D eigenvalue weighted by Crippen LogP contribution is 2.22. The van der Waals surface area contributed by atoms with Gasteiger partial charge >= 0.3 is 0 Å². The SMILES string of the molecule is CCc1cccc(NC(=O)[C@@H]2CCCN(c3nc(C)cc(C)n3)C2)c1. The summed E-state index contributed by atoms with van der Waals surface area (Å²) in [4.78, 5) is 23.9. The minimum Gasteiger partial charge on any atom is -0.340 e. The number of amides is 1. The molecule has 1 aromatic carbocycles. The standard InChI is InChI=1S/C20H26N4O/c1-4-16-7-5-9-18(12-16)23-19(25)17-8-6-10-24(13-17)20-21-14(2)11-15(3)22-20/h5,7,9,11-12,17H,4,6,8,10,13H2,1-3H3,(H,23,25)/t17-/m1/s1. The van der Waals surface area contributed by atoms with E-state index < -0.39 is 0 Å². The molecule has 25 heavy (non-hydrogen) atoms. The smallest absolute Gasteiger partial charge is 0.229 e. The number of benzene rings is 1. The molecule has 1 N–H and O–H groups in total. The maximum atomic E-state index is 12.7. The van der Waals surface area contributed by atoms with Gasteiger partial charge in [-0.1, -0.05) is 19.1 Å². The summed E-state index contributed by atoms with van der Waals surface area (Å²) in [5.74, 6) is 0.786. The molecule has 1 aromatic heterocycles. The molecule has 2 heterocycles. The van der Waals surface area contributed by atoms with Crippen LogP contribution >= 0.6 is 0 Å². The predicted molar refractivity (Wildman–Crippen MR) is 101 cm³/mol. The summed E-state index contributed by atoms with van der Waals surface area (Å²) in [7, 11) is 0. The number of piperidine rings is 1. The van der Waals surface area contributed by atoms with Gasteiger partial charge in [0.2, 0.25) is 11.9 Å². The van der Waals surface area contributed by atoms with Crippen LogP contribution in [0.4, 0.5) is 11.6 Å². The molecule has 5 heteroatoms. The van der Waals surface area contributed by atoms with Crippen molar-refractivity contribution in [1.29, 1.82) is 0 Å². The van der Waals surface area contributed by atoms with E-state index in [0.29, 0.717) is 6.54 Å². The summed E-state index contributed by atoms with van der Waals surface area (Å²) in [5, 5.41) is 3.07. The topological polar surface area (TPSA) is 58.1 Å². The van der Waals surface area contributed by atoms with E-state index in [9.17, 15) is 4.79 Å². The first kappa shape index (κ1) is 17.4. The van der Waals surface area contributed by atoms with Gasteiger partial charge in [-0.2, -0.15) is 0 Å². The van der Waals surface area contributed by atoms with Crippen molar-refractivity contribution in [2.45, 2.75) is 40.0 Å². The first-order chi connectivity index (χ1) is 12.0. The lowest BCUT2D eigenvalue weighted by molar-refractivity contribution is -0.120. The normalized spacial score (nSPS) is 17.4. The third-order valence-electron chi connectivity index (χ3n) is 4.65. The van der Waals surface area contributed by atoms with Gasteiger partial charge in [-0.3, -0.25) is 4.79 Å². The number of carbonyl (C=O) groups is 1. The highest BCUT2D eigenvalue weighted by molar-refractivity contribution is 5.93. The molecule has 0 spiro atoms. The van der Waals surface area contributed by atoms with Crippen LogP contribution < -0.4 is 10.2 Å². The molecule has 0 unspecified atom stereocenters. The van der Waals surface area contributed by atoms with E-state index in [1.54, 1.807) is 0 Å². The fourth-order valence-corrected chi connectivity index (χ4v) is 3.33. The van der Waals surface area contributed by atoms with Gasteiger partial charge in [0.1, 0.15) is 0 Å². The molecule has 1 atom stereocenters. The summed E-state index contributed by atoms with van der Waals surface area (Å²) < 4.78 is 0. The fourth-order valence-electron chi connectivity index (χ4n) is 3.33. The minimum atomic E-state index is -0.0385. The lowest BCUT2D eigenvalue weighted by Gasteiger charge is -2.32. The molecule has 3 rings (SSSR count). The first-order valence-corrected chi connectivity index (χ1v) is 9.02. The number of nitrogens with zero attached hydrogens (tertiary/aromatic N) is 3. The van der Waals surface area contributed by atoms with Crippen molar-refractivity contribution in [2.24, 2.45) is 5.92 Å². The van der Waals surface area contributed by atoms with Crippen LogP contribution in [0.1, 0.15) is 36.7 Å². The van der Waals surface area contributed by atoms with E-state index >= 15 is 0 Å². The van der Waals surface area contributed by atoms with Crippen molar-refractivity contribution in [3.8, 4) is 0 Å². The Balaban J connectivity index is 1.68. The van der Waals surface area contributed by atoms with Crippen molar-refractivity contribution in [3.05, 3.63) is 47.3 Å². The van der Waals surface area contributed by atoms with Crippen LogP contribution in [-0.2, 0) is 11.2 Å². The van der Waals surface area contributed by atoms with Crippen LogP contribution in [0.15, 0.2) is 30.3 Å². The van der Waals surface area contributed by atoms with Crippen molar-refractivity contribution >= 4 is 17.5 Å². The summed E-state index contributed by atoms with van der Waals surface area (Å²) >= 11 is 0. The van der Waals surface area contributed by atoms with Gasteiger partial charge in [0, 0.05) is 30.2 Å². The van der Waals surface area contributed by atoms with Gasteiger partial charge in [0.25, 0.3) is 0 Å². The fraction of sp³-hybridized carbons (Fsp3) is 0.450. The Bertz CT molecular complexity index is 739. The van der Waals surface area contributed by atoms with E-state index in [1.807, 2.05) is 38.1 Å². The third-order valence-corrected chi connectivity index (χ3v) is 4.65. The molecule has 2 aromatic rings. The number of carbonyl (C=O) groups excluding carboxylic acids is 1. The monoisotopic (exact) mass is 338 g/mol. The maximum absolute atomic E-state index is 12.7. The highest BCUT2D eigenvalue weighted by atomic mass is 16.1. The second kappa shape index (κ2) is 7.64. The zero-order valence-electron chi connectivity index (χ0n) is 15.2. The molecule has 1 aliphatic rings. The molecule has 1 amide bonds. The van der Waals surface area contributed by atoms with Crippen LogP contribution in [0.3, 0.4) is 0 Å². The van der Waals surface area contributed by atoms with Gasteiger partial charge in [-0.15, -0.1) is 0 Å². The van der Waals surface area contributed by atoms with Gasteiger partial charge in [0.15, 0.2) is 0 Å². The Morgan fingerprint density at radius 3 is 2.72 bits per heavy atom. The van der Waals surface area contributed by atoms with E-state index in [4.69, 9.17) is 0 Å². The minimum absolute atomic E-state index is 0.0385. The lowest BCUT2D eigenvalue weighted by atomic mass is 9.97. The van der Waals surface area contributed by atoms with E-state index in [1.165, 1.54) is 5.56 Å². The molecular formula is C20H26N4O. The molecule has 1 aliphatic heterocycles. The van der Waals surface area contributed by atoms with Crippen LogP contribution in [0.25, 0.3) is 0 Å². The number of anilines is 2. The van der Waals surface area contributed by atoms with Crippen molar-refractivity contribution < 1.29 is 4.79 Å². The number of rotatable bonds is 4. The molecule has 5 nitrogen and oxygen atoms in total. The van der Waals surface area contributed by atoms with Crippen LogP contribution in [-0.4, -0.2) is 29.0 Å². The quantitative estimate of drug-likeness (QED) is 0.927. The second-order valence-electron chi connectivity index (χ2n) is 6.78. The number of hydrogen-bond donors (Lipinski definition) is 1. The van der Waals surface area contributed by atoms with Gasteiger partial charge in [-0.25, -0.2) is 9.97 Å². The summed E-state index contributed by atoms with van der Waals surface area (Å²) in [6.07, 6.45) is 2.84. The first-order valence-electron chi connectivity index (χ1n) is 9.02. The van der Waals surface area contributed by atoms with Gasteiger partial charge in [0.05, 0.1) is 5.92 Å². The summed E-state index contributed by atoms with van der Waals surface area (Å²) in [6, 6.07) is 10.0.